The van der Waals surface area contributed by atoms with Crippen molar-refractivity contribution < 1.29 is 4.79 Å². The minimum Gasteiger partial charge on any atom is -0.335 e. The van der Waals surface area contributed by atoms with Crippen LogP contribution < -0.4 is 0 Å². The lowest BCUT2D eigenvalue weighted by atomic mass is 10.0. The first-order valence-corrected chi connectivity index (χ1v) is 7.35. The Labute approximate surface area is 127 Å². The number of nitrogens with zero attached hydrogens (tertiary/aromatic N) is 5. The Balaban J connectivity index is 1.58. The van der Waals surface area contributed by atoms with Gasteiger partial charge in [0.25, 0.3) is 11.7 Å². The lowest BCUT2D eigenvalue weighted by Gasteiger charge is -2.18. The molecular formula is C16H15N5O. The van der Waals surface area contributed by atoms with Crippen molar-refractivity contribution in [2.45, 2.75) is 12.8 Å². The molecule has 0 fully saturated rings. The van der Waals surface area contributed by atoms with Crippen molar-refractivity contribution in [3.63, 3.8) is 0 Å². The second-order valence-corrected chi connectivity index (χ2v) is 5.36. The highest BCUT2D eigenvalue weighted by Crippen LogP contribution is 2.16. The monoisotopic (exact) mass is 293 g/mol. The predicted molar refractivity (Wildman–Crippen MR) is 80.5 cm³/mol. The maximum Gasteiger partial charge on any atom is 0.293 e. The molecule has 6 nitrogen and oxygen atoms in total. The molecule has 0 radical (unpaired) electrons. The van der Waals surface area contributed by atoms with Crippen LogP contribution in [0.1, 0.15) is 21.7 Å². The smallest absolute Gasteiger partial charge is 0.293 e. The highest BCUT2D eigenvalue weighted by molar-refractivity contribution is 5.91. The Morgan fingerprint density at radius 3 is 2.45 bits per heavy atom. The fraction of sp³-hybridized carbons (Fsp3) is 0.250. The Morgan fingerprint density at radius 1 is 1.05 bits per heavy atom. The molecule has 0 N–H and O–H groups in total. The Bertz CT molecular complexity index is 781. The largest absolute Gasteiger partial charge is 0.335 e. The van der Waals surface area contributed by atoms with E-state index < -0.39 is 0 Å². The normalized spacial score (nSPS) is 14.6. The van der Waals surface area contributed by atoms with Crippen LogP contribution in [0.4, 0.5) is 0 Å². The third kappa shape index (κ3) is 2.22. The quantitative estimate of drug-likeness (QED) is 0.679. The molecule has 0 saturated carbocycles. The SMILES string of the molecule is O=C(c1nc2ncccn2n1)N1CCc2ccccc2CC1. The second kappa shape index (κ2) is 5.22. The standard InChI is InChI=1S/C16H15N5O/c22-15(14-18-16-17-8-3-9-21(16)19-14)20-10-6-12-4-1-2-5-13(12)7-11-20/h1-5,8-9H,6-7,10-11H2. The van der Waals surface area contributed by atoms with Crippen molar-refractivity contribution in [2.75, 3.05) is 13.1 Å². The molecule has 110 valence electrons. The van der Waals surface area contributed by atoms with Gasteiger partial charge in [0.15, 0.2) is 0 Å². The van der Waals surface area contributed by atoms with Crippen molar-refractivity contribution in [1.29, 1.82) is 0 Å². The van der Waals surface area contributed by atoms with Gasteiger partial charge in [0, 0.05) is 25.5 Å². The molecule has 1 aliphatic rings. The number of hydrogen-bond donors (Lipinski definition) is 0. The molecule has 0 bridgehead atoms. The predicted octanol–water partition coefficient (Wildman–Crippen LogP) is 1.37. The van der Waals surface area contributed by atoms with E-state index in [2.05, 4.69) is 27.2 Å². The van der Waals surface area contributed by atoms with Crippen LogP contribution in [0.2, 0.25) is 0 Å². The summed E-state index contributed by atoms with van der Waals surface area (Å²) in [5.41, 5.74) is 2.64. The van der Waals surface area contributed by atoms with Gasteiger partial charge < -0.3 is 4.90 Å². The number of carbonyl (C=O) groups is 1. The Morgan fingerprint density at radius 2 is 1.77 bits per heavy atom. The minimum absolute atomic E-state index is 0.127. The van der Waals surface area contributed by atoms with Gasteiger partial charge in [-0.25, -0.2) is 9.50 Å². The van der Waals surface area contributed by atoms with Gasteiger partial charge >= 0.3 is 0 Å². The number of rotatable bonds is 1. The lowest BCUT2D eigenvalue weighted by molar-refractivity contribution is 0.0751. The van der Waals surface area contributed by atoms with Crippen LogP contribution in [0.25, 0.3) is 5.78 Å². The van der Waals surface area contributed by atoms with Gasteiger partial charge in [-0.3, -0.25) is 4.79 Å². The summed E-state index contributed by atoms with van der Waals surface area (Å²) in [7, 11) is 0. The highest BCUT2D eigenvalue weighted by Gasteiger charge is 2.23. The molecule has 3 aromatic rings. The molecule has 0 unspecified atom stereocenters. The van der Waals surface area contributed by atoms with Crippen molar-refractivity contribution in [3.05, 3.63) is 59.7 Å². The number of amides is 1. The molecule has 0 atom stereocenters. The number of benzene rings is 1. The molecule has 0 saturated heterocycles. The number of aromatic nitrogens is 4. The van der Waals surface area contributed by atoms with Crippen LogP contribution >= 0.6 is 0 Å². The van der Waals surface area contributed by atoms with E-state index in [-0.39, 0.29) is 11.7 Å². The second-order valence-electron chi connectivity index (χ2n) is 5.36. The van der Waals surface area contributed by atoms with Gasteiger partial charge in [-0.05, 0) is 30.0 Å². The van der Waals surface area contributed by atoms with Crippen LogP contribution in [0.15, 0.2) is 42.7 Å². The molecule has 4 rings (SSSR count). The van der Waals surface area contributed by atoms with Crippen LogP contribution in [0.3, 0.4) is 0 Å². The van der Waals surface area contributed by atoms with Crippen molar-refractivity contribution in [2.24, 2.45) is 0 Å². The van der Waals surface area contributed by atoms with Crippen molar-refractivity contribution in [1.82, 2.24) is 24.5 Å². The fourth-order valence-corrected chi connectivity index (χ4v) is 2.84. The fourth-order valence-electron chi connectivity index (χ4n) is 2.84. The molecule has 1 amide bonds. The van der Waals surface area contributed by atoms with Crippen LogP contribution in [-0.2, 0) is 12.8 Å². The maximum atomic E-state index is 12.6. The first-order chi connectivity index (χ1) is 10.8. The minimum atomic E-state index is -0.127. The van der Waals surface area contributed by atoms with Crippen LogP contribution in [0, 0.1) is 0 Å². The maximum absolute atomic E-state index is 12.6. The van der Waals surface area contributed by atoms with Crippen LogP contribution in [0.5, 0.6) is 0 Å². The molecular weight excluding hydrogens is 278 g/mol. The average molecular weight is 293 g/mol. The summed E-state index contributed by atoms with van der Waals surface area (Å²) in [5.74, 6) is 0.534. The number of carbonyl (C=O) groups excluding carboxylic acids is 1. The van der Waals surface area contributed by atoms with E-state index in [4.69, 9.17) is 0 Å². The van der Waals surface area contributed by atoms with Gasteiger partial charge in [0.05, 0.1) is 0 Å². The van der Waals surface area contributed by atoms with Crippen molar-refractivity contribution in [3.8, 4) is 0 Å². The van der Waals surface area contributed by atoms with Crippen molar-refractivity contribution >= 4 is 11.7 Å². The number of fused-ring (bicyclic) bond motifs is 2. The van der Waals surface area contributed by atoms with Gasteiger partial charge in [-0.15, -0.1) is 5.10 Å². The van der Waals surface area contributed by atoms with Gasteiger partial charge in [-0.1, -0.05) is 24.3 Å². The average Bonchev–Trinajstić information content (AvgIpc) is 2.87. The van der Waals surface area contributed by atoms with Gasteiger partial charge in [0.1, 0.15) is 0 Å². The molecule has 0 aliphatic carbocycles. The van der Waals surface area contributed by atoms with Gasteiger partial charge in [-0.2, -0.15) is 4.98 Å². The zero-order valence-electron chi connectivity index (χ0n) is 12.0. The molecule has 22 heavy (non-hydrogen) atoms. The molecule has 1 aliphatic heterocycles. The molecule has 2 aromatic heterocycles. The third-order valence-electron chi connectivity index (χ3n) is 4.02. The first kappa shape index (κ1) is 12.9. The zero-order chi connectivity index (χ0) is 14.9. The molecule has 0 spiro atoms. The molecule has 3 heterocycles. The lowest BCUT2D eigenvalue weighted by Crippen LogP contribution is -2.34. The van der Waals surface area contributed by atoms with E-state index in [1.165, 1.54) is 15.6 Å². The summed E-state index contributed by atoms with van der Waals surface area (Å²) < 4.78 is 1.53. The van der Waals surface area contributed by atoms with E-state index in [1.54, 1.807) is 18.5 Å². The zero-order valence-corrected chi connectivity index (χ0v) is 12.0. The van der Waals surface area contributed by atoms with E-state index in [9.17, 15) is 4.79 Å². The summed E-state index contributed by atoms with van der Waals surface area (Å²) in [5, 5.41) is 4.22. The Kier molecular flexibility index (Phi) is 3.07. The van der Waals surface area contributed by atoms with E-state index in [1.807, 2.05) is 17.0 Å². The van der Waals surface area contributed by atoms with E-state index >= 15 is 0 Å². The summed E-state index contributed by atoms with van der Waals surface area (Å²) in [6.07, 6.45) is 5.12. The van der Waals surface area contributed by atoms with Gasteiger partial charge in [0.2, 0.25) is 5.82 Å². The summed E-state index contributed by atoms with van der Waals surface area (Å²) >= 11 is 0. The van der Waals surface area contributed by atoms with E-state index in [0.29, 0.717) is 18.9 Å². The third-order valence-corrected chi connectivity index (χ3v) is 4.02. The summed E-state index contributed by atoms with van der Waals surface area (Å²) in [6.45, 7) is 1.39. The summed E-state index contributed by atoms with van der Waals surface area (Å²) in [4.78, 5) is 22.8. The number of hydrogen-bond acceptors (Lipinski definition) is 4. The topological polar surface area (TPSA) is 63.4 Å². The van der Waals surface area contributed by atoms with E-state index in [0.717, 1.165) is 12.8 Å². The first-order valence-electron chi connectivity index (χ1n) is 7.35. The Hall–Kier alpha value is -2.76. The molecule has 6 heteroatoms. The van der Waals surface area contributed by atoms with Crippen LogP contribution in [-0.4, -0.2) is 43.5 Å². The molecule has 1 aromatic carbocycles. The highest BCUT2D eigenvalue weighted by atomic mass is 16.2. The summed E-state index contributed by atoms with van der Waals surface area (Å²) in [6, 6.07) is 10.1.